The summed E-state index contributed by atoms with van der Waals surface area (Å²) in [5.41, 5.74) is 13.9. The third kappa shape index (κ3) is 6.47. The van der Waals surface area contributed by atoms with Crippen LogP contribution in [0.1, 0.15) is 0 Å². The largest absolute Gasteiger partial charge is 0.256 e. The predicted molar refractivity (Wildman–Crippen MR) is 264 cm³/mol. The fourth-order valence-corrected chi connectivity index (χ4v) is 11.2. The fraction of sp³-hybridized carbons (Fsp3) is 0. The summed E-state index contributed by atoms with van der Waals surface area (Å²) in [6.07, 6.45) is 1.83. The second kappa shape index (κ2) is 15.2. The van der Waals surface area contributed by atoms with Crippen LogP contribution >= 0.6 is 22.7 Å². The van der Waals surface area contributed by atoms with Crippen molar-refractivity contribution in [3.63, 3.8) is 0 Å². The van der Waals surface area contributed by atoms with Gasteiger partial charge in [0.05, 0.1) is 17.1 Å². The van der Waals surface area contributed by atoms with Gasteiger partial charge in [0.15, 0.2) is 5.82 Å². The molecule has 8 aromatic carbocycles. The average Bonchev–Trinajstić information content (AvgIpc) is 3.93. The highest BCUT2D eigenvalue weighted by molar-refractivity contribution is 7.26. The standard InChI is InChI=1S/C57H35N3S2/c1-2-12-38(13-3-1)51-35-52(60-57(59-51)40-29-25-37(26-30-40)36-23-27-39(28-24-36)50-20-8-9-31-58-50)43-33-41(44-16-10-18-48-46-14-4-6-21-53(46)61-55(44)48)32-42(34-43)45-17-11-19-49-47-15-5-7-22-54(47)62-56(45)49/h1-35H. The third-order valence-corrected chi connectivity index (χ3v) is 14.2. The first-order valence-electron chi connectivity index (χ1n) is 20.7. The fourth-order valence-electron chi connectivity index (χ4n) is 8.70. The van der Waals surface area contributed by atoms with Gasteiger partial charge in [0, 0.05) is 68.8 Å². The molecule has 0 amide bonds. The molecule has 4 heterocycles. The van der Waals surface area contributed by atoms with Gasteiger partial charge >= 0.3 is 0 Å². The van der Waals surface area contributed by atoms with E-state index in [0.717, 1.165) is 61.6 Å². The number of benzene rings is 8. The molecule has 290 valence electrons. The van der Waals surface area contributed by atoms with Crippen LogP contribution in [0.15, 0.2) is 212 Å². The Morgan fingerprint density at radius 3 is 1.34 bits per heavy atom. The number of pyridine rings is 1. The number of nitrogens with zero attached hydrogens (tertiary/aromatic N) is 3. The normalized spacial score (nSPS) is 11.5. The minimum absolute atomic E-state index is 0.684. The first-order valence-corrected chi connectivity index (χ1v) is 22.4. The van der Waals surface area contributed by atoms with Gasteiger partial charge in [-0.3, -0.25) is 4.98 Å². The van der Waals surface area contributed by atoms with Gasteiger partial charge in [-0.1, -0.05) is 158 Å². The Bertz CT molecular complexity index is 3480. The van der Waals surface area contributed by atoms with Gasteiger partial charge in [0.1, 0.15) is 0 Å². The third-order valence-electron chi connectivity index (χ3n) is 11.8. The van der Waals surface area contributed by atoms with Gasteiger partial charge in [-0.2, -0.15) is 0 Å². The Labute approximate surface area is 366 Å². The minimum atomic E-state index is 0.684. The molecule has 3 nitrogen and oxygen atoms in total. The molecule has 0 aliphatic carbocycles. The van der Waals surface area contributed by atoms with Gasteiger partial charge in [-0.25, -0.2) is 9.97 Å². The maximum Gasteiger partial charge on any atom is 0.160 e. The van der Waals surface area contributed by atoms with Crippen molar-refractivity contribution in [3.05, 3.63) is 212 Å². The molecule has 0 fully saturated rings. The van der Waals surface area contributed by atoms with Gasteiger partial charge < -0.3 is 0 Å². The average molecular weight is 826 g/mol. The lowest BCUT2D eigenvalue weighted by Gasteiger charge is -2.14. The predicted octanol–water partition coefficient (Wildman–Crippen LogP) is 16.3. The van der Waals surface area contributed by atoms with Gasteiger partial charge in [-0.05, 0) is 81.9 Å². The Balaban J connectivity index is 1.03. The van der Waals surface area contributed by atoms with Crippen LogP contribution in [0.25, 0.3) is 119 Å². The topological polar surface area (TPSA) is 38.7 Å². The van der Waals surface area contributed by atoms with E-state index in [0.29, 0.717) is 5.82 Å². The zero-order valence-electron chi connectivity index (χ0n) is 33.4. The van der Waals surface area contributed by atoms with Crippen molar-refractivity contribution in [2.75, 3.05) is 0 Å². The van der Waals surface area contributed by atoms with Crippen LogP contribution in [0.5, 0.6) is 0 Å². The number of aromatic nitrogens is 3. The van der Waals surface area contributed by atoms with Crippen LogP contribution in [-0.2, 0) is 0 Å². The number of rotatable bonds is 7. The quantitative estimate of drug-likeness (QED) is 0.161. The summed E-state index contributed by atoms with van der Waals surface area (Å²) in [4.78, 5) is 15.1. The zero-order chi connectivity index (χ0) is 41.0. The molecule has 0 spiro atoms. The maximum atomic E-state index is 5.40. The van der Waals surface area contributed by atoms with Gasteiger partial charge in [0.25, 0.3) is 0 Å². The second-order valence-corrected chi connectivity index (χ2v) is 17.7. The lowest BCUT2D eigenvalue weighted by Crippen LogP contribution is -1.97. The Morgan fingerprint density at radius 1 is 0.290 bits per heavy atom. The summed E-state index contributed by atoms with van der Waals surface area (Å²) in [5, 5.41) is 5.15. The second-order valence-electron chi connectivity index (χ2n) is 15.6. The molecule has 0 atom stereocenters. The van der Waals surface area contributed by atoms with Crippen molar-refractivity contribution >= 4 is 63.0 Å². The van der Waals surface area contributed by atoms with Crippen LogP contribution in [0.3, 0.4) is 0 Å². The molecule has 0 aliphatic heterocycles. The van der Waals surface area contributed by atoms with E-state index in [4.69, 9.17) is 9.97 Å². The van der Waals surface area contributed by atoms with Crippen LogP contribution < -0.4 is 0 Å². The number of hydrogen-bond acceptors (Lipinski definition) is 5. The summed E-state index contributed by atoms with van der Waals surface area (Å²) >= 11 is 3.73. The number of fused-ring (bicyclic) bond motifs is 6. The Hall–Kier alpha value is -7.57. The van der Waals surface area contributed by atoms with E-state index >= 15 is 0 Å². The van der Waals surface area contributed by atoms with E-state index in [1.807, 2.05) is 53.1 Å². The first kappa shape index (κ1) is 36.3. The smallest absolute Gasteiger partial charge is 0.160 e. The van der Waals surface area contributed by atoms with Crippen LogP contribution in [-0.4, -0.2) is 15.0 Å². The monoisotopic (exact) mass is 825 g/mol. The van der Waals surface area contributed by atoms with Crippen molar-refractivity contribution in [3.8, 4) is 78.5 Å². The van der Waals surface area contributed by atoms with E-state index in [1.54, 1.807) is 0 Å². The highest BCUT2D eigenvalue weighted by Crippen LogP contribution is 2.45. The van der Waals surface area contributed by atoms with Crippen molar-refractivity contribution in [1.29, 1.82) is 0 Å². The van der Waals surface area contributed by atoms with E-state index in [-0.39, 0.29) is 0 Å². The summed E-state index contributed by atoms with van der Waals surface area (Å²) in [6, 6.07) is 73.7. The first-order chi connectivity index (χ1) is 30.7. The molecule has 0 saturated carbocycles. The lowest BCUT2D eigenvalue weighted by atomic mass is 9.93. The summed E-state index contributed by atoms with van der Waals surface area (Å²) in [7, 11) is 0. The van der Waals surface area contributed by atoms with E-state index in [1.165, 1.54) is 51.5 Å². The molecular formula is C57H35N3S2. The van der Waals surface area contributed by atoms with E-state index < -0.39 is 0 Å². The molecule has 0 N–H and O–H groups in total. The highest BCUT2D eigenvalue weighted by Gasteiger charge is 2.18. The van der Waals surface area contributed by atoms with Crippen molar-refractivity contribution in [1.82, 2.24) is 15.0 Å². The number of hydrogen-bond donors (Lipinski definition) is 0. The molecule has 0 bridgehead atoms. The minimum Gasteiger partial charge on any atom is -0.256 e. The number of thiophene rings is 2. The maximum absolute atomic E-state index is 5.40. The van der Waals surface area contributed by atoms with Crippen LogP contribution in [0, 0.1) is 0 Å². The molecule has 62 heavy (non-hydrogen) atoms. The molecule has 12 rings (SSSR count). The Morgan fingerprint density at radius 2 is 0.758 bits per heavy atom. The molecular weight excluding hydrogens is 791 g/mol. The SMILES string of the molecule is c1ccc(-c2cc(-c3cc(-c4cccc5c4sc4ccccc45)cc(-c4cccc5c4sc4ccccc45)c3)nc(-c3ccc(-c4ccc(-c5ccccn5)cc4)cc3)n2)cc1. The molecule has 0 radical (unpaired) electrons. The van der Waals surface area contributed by atoms with E-state index in [2.05, 4.69) is 187 Å². The van der Waals surface area contributed by atoms with Crippen molar-refractivity contribution in [2.24, 2.45) is 0 Å². The summed E-state index contributed by atoms with van der Waals surface area (Å²) in [5.74, 6) is 0.684. The molecule has 12 aromatic rings. The molecule has 0 aliphatic rings. The van der Waals surface area contributed by atoms with Gasteiger partial charge in [-0.15, -0.1) is 22.7 Å². The Kier molecular flexibility index (Phi) is 8.87. The van der Waals surface area contributed by atoms with Crippen LogP contribution in [0.2, 0.25) is 0 Å². The van der Waals surface area contributed by atoms with E-state index in [9.17, 15) is 0 Å². The molecule has 0 saturated heterocycles. The molecule has 5 heteroatoms. The van der Waals surface area contributed by atoms with Gasteiger partial charge in [0.2, 0.25) is 0 Å². The lowest BCUT2D eigenvalue weighted by molar-refractivity contribution is 1.18. The van der Waals surface area contributed by atoms with Crippen molar-refractivity contribution in [2.45, 2.75) is 0 Å². The molecule has 0 unspecified atom stereocenters. The summed E-state index contributed by atoms with van der Waals surface area (Å²) < 4.78 is 5.16. The van der Waals surface area contributed by atoms with Crippen LogP contribution in [0.4, 0.5) is 0 Å². The van der Waals surface area contributed by atoms with Crippen molar-refractivity contribution < 1.29 is 0 Å². The zero-order valence-corrected chi connectivity index (χ0v) is 35.0. The molecule has 4 aromatic heterocycles. The highest BCUT2D eigenvalue weighted by atomic mass is 32.1. The summed E-state index contributed by atoms with van der Waals surface area (Å²) in [6.45, 7) is 0.